The molecule has 1 unspecified atom stereocenters. The largest absolute Gasteiger partial charge is 0.480 e. The summed E-state index contributed by atoms with van der Waals surface area (Å²) in [6, 6.07) is 0. The van der Waals surface area contributed by atoms with Crippen molar-refractivity contribution >= 4 is 17.6 Å². The van der Waals surface area contributed by atoms with Crippen molar-refractivity contribution in [3.05, 3.63) is 17.4 Å². The highest BCUT2D eigenvalue weighted by molar-refractivity contribution is 6.30. The Morgan fingerprint density at radius 2 is 2.32 bits per heavy atom. The molecule has 0 saturated carbocycles. The smallest absolute Gasteiger partial charge is 0.323 e. The lowest BCUT2D eigenvalue weighted by Crippen LogP contribution is -2.52. The van der Waals surface area contributed by atoms with Crippen LogP contribution in [-0.2, 0) is 11.3 Å². The summed E-state index contributed by atoms with van der Waals surface area (Å²) in [7, 11) is 0. The zero-order valence-corrected chi connectivity index (χ0v) is 12.3. The van der Waals surface area contributed by atoms with E-state index in [0.29, 0.717) is 31.0 Å². The van der Waals surface area contributed by atoms with Crippen LogP contribution in [0.2, 0.25) is 5.02 Å². The third kappa shape index (κ3) is 4.51. The molecule has 0 aromatic carbocycles. The number of rotatable bonds is 9. The summed E-state index contributed by atoms with van der Waals surface area (Å²) in [5, 5.41) is 17.3. The van der Waals surface area contributed by atoms with Crippen LogP contribution in [0.1, 0.15) is 39.5 Å². The van der Waals surface area contributed by atoms with Gasteiger partial charge in [0.2, 0.25) is 0 Å². The number of aromatic nitrogens is 2. The van der Waals surface area contributed by atoms with Crippen LogP contribution >= 0.6 is 11.6 Å². The lowest BCUT2D eigenvalue weighted by atomic mass is 9.90. The van der Waals surface area contributed by atoms with E-state index in [9.17, 15) is 9.90 Å². The molecule has 108 valence electrons. The van der Waals surface area contributed by atoms with Gasteiger partial charge in [0, 0.05) is 12.7 Å². The van der Waals surface area contributed by atoms with E-state index in [1.165, 1.54) is 0 Å². The monoisotopic (exact) mass is 287 g/mol. The van der Waals surface area contributed by atoms with Gasteiger partial charge < -0.3 is 10.4 Å². The van der Waals surface area contributed by atoms with E-state index in [4.69, 9.17) is 11.6 Å². The van der Waals surface area contributed by atoms with E-state index in [-0.39, 0.29) is 0 Å². The summed E-state index contributed by atoms with van der Waals surface area (Å²) in [6.45, 7) is 5.33. The second kappa shape index (κ2) is 7.50. The number of carboxylic acid groups (broad SMARTS) is 1. The Morgan fingerprint density at radius 1 is 1.58 bits per heavy atom. The first-order valence-corrected chi connectivity index (χ1v) is 7.08. The normalized spacial score (nSPS) is 14.3. The summed E-state index contributed by atoms with van der Waals surface area (Å²) >= 11 is 5.79. The molecule has 1 atom stereocenters. The Balaban J connectivity index is 2.54. The lowest BCUT2D eigenvalue weighted by Gasteiger charge is -2.29. The van der Waals surface area contributed by atoms with Crippen LogP contribution in [0.25, 0.3) is 0 Å². The first kappa shape index (κ1) is 16.0. The van der Waals surface area contributed by atoms with Crippen molar-refractivity contribution in [1.29, 1.82) is 0 Å². The maximum absolute atomic E-state index is 11.5. The van der Waals surface area contributed by atoms with E-state index in [2.05, 4.69) is 10.4 Å². The molecule has 0 fully saturated rings. The maximum Gasteiger partial charge on any atom is 0.323 e. The van der Waals surface area contributed by atoms with Crippen LogP contribution in [0, 0.1) is 0 Å². The van der Waals surface area contributed by atoms with Crippen molar-refractivity contribution in [2.45, 2.75) is 51.6 Å². The third-order valence-electron chi connectivity index (χ3n) is 3.32. The number of nitrogens with one attached hydrogen (secondary N) is 1. The Kier molecular flexibility index (Phi) is 6.31. The zero-order valence-electron chi connectivity index (χ0n) is 11.5. The fourth-order valence-corrected chi connectivity index (χ4v) is 2.25. The quantitative estimate of drug-likeness (QED) is 0.732. The van der Waals surface area contributed by atoms with E-state index in [1.807, 2.05) is 13.8 Å². The Hall–Kier alpha value is -1.07. The molecule has 0 radical (unpaired) electrons. The van der Waals surface area contributed by atoms with Crippen molar-refractivity contribution in [1.82, 2.24) is 15.1 Å². The fraction of sp³-hybridized carbons (Fsp3) is 0.692. The number of aliphatic carboxylic acids is 1. The Bertz CT molecular complexity index is 408. The Morgan fingerprint density at radius 3 is 2.79 bits per heavy atom. The van der Waals surface area contributed by atoms with Gasteiger partial charge in [-0.1, -0.05) is 25.4 Å². The highest BCUT2D eigenvalue weighted by Crippen LogP contribution is 2.19. The van der Waals surface area contributed by atoms with E-state index < -0.39 is 11.5 Å². The standard InChI is InChI=1S/C13H22ClN3O2/c1-3-7-15-13(4-2,12(18)19)6-5-8-17-10-11(14)9-16-17/h9-10,15H,3-8H2,1-2H3,(H,18,19). The molecule has 0 bridgehead atoms. The molecule has 0 spiro atoms. The average Bonchev–Trinajstić information content (AvgIpc) is 2.79. The second-order valence-electron chi connectivity index (χ2n) is 4.69. The molecule has 5 nitrogen and oxygen atoms in total. The van der Waals surface area contributed by atoms with Gasteiger partial charge in [0.1, 0.15) is 5.54 Å². The number of halogens is 1. The number of aryl methyl sites for hydroxylation is 1. The van der Waals surface area contributed by atoms with Gasteiger partial charge >= 0.3 is 5.97 Å². The number of nitrogens with zero attached hydrogens (tertiary/aromatic N) is 2. The van der Waals surface area contributed by atoms with Crippen molar-refractivity contribution in [3.8, 4) is 0 Å². The van der Waals surface area contributed by atoms with Gasteiger partial charge in [0.15, 0.2) is 0 Å². The van der Waals surface area contributed by atoms with Crippen LogP contribution in [0.5, 0.6) is 0 Å². The minimum atomic E-state index is -0.826. The molecule has 0 amide bonds. The first-order valence-electron chi connectivity index (χ1n) is 6.70. The molecule has 0 aliphatic rings. The molecule has 6 heteroatoms. The maximum atomic E-state index is 11.5. The molecule has 0 aliphatic carbocycles. The molecular formula is C13H22ClN3O2. The molecule has 1 rings (SSSR count). The van der Waals surface area contributed by atoms with Crippen molar-refractivity contribution in [2.24, 2.45) is 0 Å². The summed E-state index contributed by atoms with van der Waals surface area (Å²) in [5.74, 6) is -0.776. The average molecular weight is 288 g/mol. The topological polar surface area (TPSA) is 67.2 Å². The van der Waals surface area contributed by atoms with Gasteiger partial charge in [-0.3, -0.25) is 9.48 Å². The Labute approximate surface area is 118 Å². The predicted molar refractivity (Wildman–Crippen MR) is 75.4 cm³/mol. The highest BCUT2D eigenvalue weighted by atomic mass is 35.5. The minimum Gasteiger partial charge on any atom is -0.480 e. The first-order chi connectivity index (χ1) is 9.04. The van der Waals surface area contributed by atoms with Crippen molar-refractivity contribution < 1.29 is 9.90 Å². The molecular weight excluding hydrogens is 266 g/mol. The SMILES string of the molecule is CCCNC(CC)(CCCn1cc(Cl)cn1)C(=O)O. The van der Waals surface area contributed by atoms with Crippen molar-refractivity contribution in [2.75, 3.05) is 6.54 Å². The van der Waals surface area contributed by atoms with Gasteiger partial charge in [-0.15, -0.1) is 0 Å². The lowest BCUT2D eigenvalue weighted by molar-refractivity contribution is -0.145. The predicted octanol–water partition coefficient (Wildman–Crippen LogP) is 2.55. The number of carboxylic acids is 1. The molecule has 1 aromatic rings. The molecule has 0 aliphatic heterocycles. The van der Waals surface area contributed by atoms with E-state index in [0.717, 1.165) is 12.8 Å². The summed E-state index contributed by atoms with van der Waals surface area (Å²) in [4.78, 5) is 11.5. The van der Waals surface area contributed by atoms with Crippen molar-refractivity contribution in [3.63, 3.8) is 0 Å². The minimum absolute atomic E-state index is 0.572. The number of carbonyl (C=O) groups is 1. The number of hydrogen-bond acceptors (Lipinski definition) is 3. The van der Waals surface area contributed by atoms with Gasteiger partial charge in [-0.25, -0.2) is 0 Å². The van der Waals surface area contributed by atoms with Crippen LogP contribution in [-0.4, -0.2) is 32.9 Å². The van der Waals surface area contributed by atoms with E-state index in [1.54, 1.807) is 17.1 Å². The van der Waals surface area contributed by atoms with Crippen LogP contribution in [0.4, 0.5) is 0 Å². The van der Waals surface area contributed by atoms with Gasteiger partial charge in [-0.2, -0.15) is 5.10 Å². The van der Waals surface area contributed by atoms with Crippen LogP contribution in [0.15, 0.2) is 12.4 Å². The van der Waals surface area contributed by atoms with Gasteiger partial charge in [-0.05, 0) is 32.2 Å². The zero-order chi connectivity index (χ0) is 14.3. The molecule has 1 heterocycles. The summed E-state index contributed by atoms with van der Waals surface area (Å²) in [6.07, 6.45) is 6.15. The van der Waals surface area contributed by atoms with Gasteiger partial charge in [0.05, 0.1) is 11.2 Å². The highest BCUT2D eigenvalue weighted by Gasteiger charge is 2.35. The van der Waals surface area contributed by atoms with Crippen LogP contribution < -0.4 is 5.32 Å². The second-order valence-corrected chi connectivity index (χ2v) is 5.13. The molecule has 0 saturated heterocycles. The van der Waals surface area contributed by atoms with E-state index >= 15 is 0 Å². The third-order valence-corrected chi connectivity index (χ3v) is 3.51. The van der Waals surface area contributed by atoms with Gasteiger partial charge in [0.25, 0.3) is 0 Å². The molecule has 2 N–H and O–H groups in total. The number of hydrogen-bond donors (Lipinski definition) is 2. The summed E-state index contributed by atoms with van der Waals surface area (Å²) in [5.41, 5.74) is -0.826. The summed E-state index contributed by atoms with van der Waals surface area (Å²) < 4.78 is 1.74. The van der Waals surface area contributed by atoms with Crippen LogP contribution in [0.3, 0.4) is 0 Å². The molecule has 1 aromatic heterocycles. The molecule has 19 heavy (non-hydrogen) atoms. The fourth-order valence-electron chi connectivity index (χ4n) is 2.09.